The lowest BCUT2D eigenvalue weighted by Gasteiger charge is -2.37. The Labute approximate surface area is 162 Å². The zero-order valence-electron chi connectivity index (χ0n) is 16.7. The number of urea groups is 1. The molecule has 2 unspecified atom stereocenters. The van der Waals surface area contributed by atoms with Crippen LogP contribution in [-0.2, 0) is 22.4 Å². The first-order valence-corrected chi connectivity index (χ1v) is 10.1. The first-order chi connectivity index (χ1) is 13.2. The largest absolute Gasteiger partial charge is 0.381 e. The number of hydrogen-bond acceptors (Lipinski definition) is 4. The second-order valence-electron chi connectivity index (χ2n) is 7.55. The molecule has 2 atom stereocenters. The van der Waals surface area contributed by atoms with Gasteiger partial charge < -0.3 is 19.7 Å². The number of ether oxygens (including phenoxy) is 2. The molecule has 0 aliphatic carbocycles. The molecular formula is C21H33N3O3. The van der Waals surface area contributed by atoms with E-state index in [0.29, 0.717) is 25.0 Å². The number of nitrogens with one attached hydrogen (secondary N) is 1. The summed E-state index contributed by atoms with van der Waals surface area (Å²) in [6.07, 6.45) is 2.10. The van der Waals surface area contributed by atoms with E-state index in [0.717, 1.165) is 57.9 Å². The molecule has 2 saturated heterocycles. The number of carbonyl (C=O) groups is 1. The van der Waals surface area contributed by atoms with E-state index >= 15 is 0 Å². The average Bonchev–Trinajstić information content (AvgIpc) is 3.24. The molecule has 6 heteroatoms. The van der Waals surface area contributed by atoms with E-state index in [-0.39, 0.29) is 6.03 Å². The van der Waals surface area contributed by atoms with Gasteiger partial charge in [0.05, 0.1) is 19.8 Å². The first-order valence-electron chi connectivity index (χ1n) is 10.1. The Bertz CT molecular complexity index is 581. The maximum Gasteiger partial charge on any atom is 0.317 e. The zero-order valence-corrected chi connectivity index (χ0v) is 16.7. The van der Waals surface area contributed by atoms with Crippen molar-refractivity contribution >= 4 is 6.03 Å². The summed E-state index contributed by atoms with van der Waals surface area (Å²) in [6, 6.07) is 8.78. The minimum atomic E-state index is -0.0215. The summed E-state index contributed by atoms with van der Waals surface area (Å²) in [5, 5.41) is 3.15. The molecule has 2 aliphatic rings. The number of aryl methyl sites for hydroxylation is 1. The third-order valence-electron chi connectivity index (χ3n) is 5.68. The molecule has 1 aromatic carbocycles. The van der Waals surface area contributed by atoms with Crippen molar-refractivity contribution in [3.8, 4) is 0 Å². The van der Waals surface area contributed by atoms with E-state index in [1.54, 1.807) is 4.90 Å². The van der Waals surface area contributed by atoms with Crippen LogP contribution in [0.5, 0.6) is 0 Å². The molecule has 27 heavy (non-hydrogen) atoms. The topological polar surface area (TPSA) is 54.0 Å². The number of carbonyl (C=O) groups excluding carboxylic acids is 1. The van der Waals surface area contributed by atoms with E-state index in [2.05, 4.69) is 41.4 Å². The molecule has 0 saturated carbocycles. The molecule has 0 spiro atoms. The van der Waals surface area contributed by atoms with Crippen LogP contribution in [0.2, 0.25) is 0 Å². The summed E-state index contributed by atoms with van der Waals surface area (Å²) >= 11 is 0. The van der Waals surface area contributed by atoms with Crippen LogP contribution in [0.15, 0.2) is 24.3 Å². The lowest BCUT2D eigenvalue weighted by Crippen LogP contribution is -2.53. The highest BCUT2D eigenvalue weighted by molar-refractivity contribution is 5.73. The first kappa shape index (κ1) is 20.1. The van der Waals surface area contributed by atoms with Gasteiger partial charge in [0, 0.05) is 51.8 Å². The Morgan fingerprint density at radius 3 is 2.52 bits per heavy atom. The third kappa shape index (κ3) is 5.67. The molecule has 1 aromatic rings. The van der Waals surface area contributed by atoms with E-state index in [1.165, 1.54) is 5.56 Å². The third-order valence-corrected chi connectivity index (χ3v) is 5.68. The van der Waals surface area contributed by atoms with Crippen LogP contribution in [0.25, 0.3) is 0 Å². The molecule has 0 bridgehead atoms. The van der Waals surface area contributed by atoms with E-state index in [1.807, 2.05) is 7.05 Å². The van der Waals surface area contributed by atoms with Crippen LogP contribution < -0.4 is 5.32 Å². The van der Waals surface area contributed by atoms with Gasteiger partial charge >= 0.3 is 6.03 Å². The molecule has 2 fully saturated rings. The van der Waals surface area contributed by atoms with Crippen molar-refractivity contribution in [3.05, 3.63) is 35.4 Å². The van der Waals surface area contributed by atoms with Crippen molar-refractivity contribution in [2.75, 3.05) is 53.1 Å². The van der Waals surface area contributed by atoms with E-state index < -0.39 is 0 Å². The predicted octanol–water partition coefficient (Wildman–Crippen LogP) is 2.13. The van der Waals surface area contributed by atoms with Crippen molar-refractivity contribution in [1.82, 2.24) is 15.1 Å². The standard InChI is InChI=1S/C21H33N3O3/c1-3-17-4-6-18(7-5-17)15-23(2)21(25)22-14-20(19-8-11-27-16-19)24-9-12-26-13-10-24/h4-7,19-20H,3,8-16H2,1-2H3,(H,22,25). The molecule has 2 aliphatic heterocycles. The maximum absolute atomic E-state index is 12.6. The van der Waals surface area contributed by atoms with E-state index in [4.69, 9.17) is 9.47 Å². The zero-order chi connectivity index (χ0) is 19.1. The molecule has 6 nitrogen and oxygen atoms in total. The summed E-state index contributed by atoms with van der Waals surface area (Å²) in [5.41, 5.74) is 2.47. The number of nitrogens with zero attached hydrogens (tertiary/aromatic N) is 2. The second-order valence-corrected chi connectivity index (χ2v) is 7.55. The number of amides is 2. The minimum Gasteiger partial charge on any atom is -0.381 e. The van der Waals surface area contributed by atoms with Crippen molar-refractivity contribution in [2.24, 2.45) is 5.92 Å². The fourth-order valence-corrected chi connectivity index (χ4v) is 3.91. The molecular weight excluding hydrogens is 342 g/mol. The van der Waals surface area contributed by atoms with Gasteiger partial charge in [0.2, 0.25) is 0 Å². The van der Waals surface area contributed by atoms with Crippen LogP contribution in [0.1, 0.15) is 24.5 Å². The Balaban J connectivity index is 1.52. The van der Waals surface area contributed by atoms with Crippen molar-refractivity contribution in [1.29, 1.82) is 0 Å². The summed E-state index contributed by atoms with van der Waals surface area (Å²) in [6.45, 7) is 8.43. The number of rotatable bonds is 7. The number of morpholine rings is 1. The number of benzene rings is 1. The molecule has 2 heterocycles. The van der Waals surface area contributed by atoms with E-state index in [9.17, 15) is 4.79 Å². The lowest BCUT2D eigenvalue weighted by molar-refractivity contribution is 0.00190. The van der Waals surface area contributed by atoms with Gasteiger partial charge in [-0.25, -0.2) is 4.79 Å². The van der Waals surface area contributed by atoms with Crippen molar-refractivity contribution < 1.29 is 14.3 Å². The quantitative estimate of drug-likeness (QED) is 0.793. The maximum atomic E-state index is 12.6. The molecule has 2 amide bonds. The highest BCUT2D eigenvalue weighted by Crippen LogP contribution is 2.22. The van der Waals surface area contributed by atoms with Gasteiger partial charge in [-0.3, -0.25) is 4.90 Å². The summed E-state index contributed by atoms with van der Waals surface area (Å²) < 4.78 is 11.1. The fraction of sp³-hybridized carbons (Fsp3) is 0.667. The molecule has 0 aromatic heterocycles. The van der Waals surface area contributed by atoms with Crippen LogP contribution in [0, 0.1) is 5.92 Å². The van der Waals surface area contributed by atoms with Gasteiger partial charge in [0.15, 0.2) is 0 Å². The second kappa shape index (κ2) is 10.1. The average molecular weight is 376 g/mol. The Kier molecular flexibility index (Phi) is 7.50. The fourth-order valence-electron chi connectivity index (χ4n) is 3.91. The Morgan fingerprint density at radius 2 is 1.89 bits per heavy atom. The molecule has 1 N–H and O–H groups in total. The molecule has 150 valence electrons. The van der Waals surface area contributed by atoms with Gasteiger partial charge in [-0.1, -0.05) is 31.2 Å². The SMILES string of the molecule is CCc1ccc(CN(C)C(=O)NCC(C2CCOC2)N2CCOCC2)cc1. The molecule has 0 radical (unpaired) electrons. The van der Waals surface area contributed by atoms with Crippen LogP contribution in [0.4, 0.5) is 4.79 Å². The van der Waals surface area contributed by atoms with Crippen LogP contribution in [-0.4, -0.2) is 75.0 Å². The predicted molar refractivity (Wildman–Crippen MR) is 106 cm³/mol. The van der Waals surface area contributed by atoms with Gasteiger partial charge in [-0.15, -0.1) is 0 Å². The van der Waals surface area contributed by atoms with Gasteiger partial charge in [0.25, 0.3) is 0 Å². The number of hydrogen-bond donors (Lipinski definition) is 1. The minimum absolute atomic E-state index is 0.0215. The van der Waals surface area contributed by atoms with Crippen LogP contribution >= 0.6 is 0 Å². The summed E-state index contributed by atoms with van der Waals surface area (Å²) in [7, 11) is 1.85. The normalized spacial score (nSPS) is 21.8. The monoisotopic (exact) mass is 375 g/mol. The lowest BCUT2D eigenvalue weighted by atomic mass is 9.97. The van der Waals surface area contributed by atoms with Crippen LogP contribution in [0.3, 0.4) is 0 Å². The van der Waals surface area contributed by atoms with Crippen molar-refractivity contribution in [3.63, 3.8) is 0 Å². The Hall–Kier alpha value is -1.63. The summed E-state index contributed by atoms with van der Waals surface area (Å²) in [4.78, 5) is 16.8. The Morgan fingerprint density at radius 1 is 1.19 bits per heavy atom. The summed E-state index contributed by atoms with van der Waals surface area (Å²) in [5.74, 6) is 0.482. The van der Waals surface area contributed by atoms with Crippen molar-refractivity contribution in [2.45, 2.75) is 32.4 Å². The smallest absolute Gasteiger partial charge is 0.317 e. The highest BCUT2D eigenvalue weighted by atomic mass is 16.5. The van der Waals surface area contributed by atoms with Gasteiger partial charge in [-0.2, -0.15) is 0 Å². The molecule has 3 rings (SSSR count). The van der Waals surface area contributed by atoms with Gasteiger partial charge in [-0.05, 0) is 24.0 Å². The van der Waals surface area contributed by atoms with Gasteiger partial charge in [0.1, 0.15) is 0 Å². The highest BCUT2D eigenvalue weighted by Gasteiger charge is 2.31.